The number of para-hydroxylation sites is 1. The number of methoxy groups -OCH3 is 1. The first-order chi connectivity index (χ1) is 14.9. The van der Waals surface area contributed by atoms with Crippen molar-refractivity contribution < 1.29 is 39.1 Å². The van der Waals surface area contributed by atoms with Crippen LogP contribution in [-0.4, -0.2) is 64.8 Å². The van der Waals surface area contributed by atoms with E-state index in [1.54, 1.807) is 48.5 Å². The predicted molar refractivity (Wildman–Crippen MR) is 109 cm³/mol. The normalized spacial score (nSPS) is 26.0. The Balaban J connectivity index is 1.82. The number of aliphatic hydroxyl groups excluding tert-OH is 4. The Kier molecular flexibility index (Phi) is 5.94. The second-order valence-electron chi connectivity index (χ2n) is 7.13. The van der Waals surface area contributed by atoms with Gasteiger partial charge in [0, 0.05) is 5.56 Å². The summed E-state index contributed by atoms with van der Waals surface area (Å²) < 4.78 is 22.2. The minimum Gasteiger partial charge on any atom is -0.497 e. The highest BCUT2D eigenvalue weighted by atomic mass is 16.7. The minimum atomic E-state index is -1.67. The van der Waals surface area contributed by atoms with E-state index in [9.17, 15) is 25.2 Å². The van der Waals surface area contributed by atoms with Gasteiger partial charge in [0.15, 0.2) is 5.76 Å². The van der Waals surface area contributed by atoms with Crippen LogP contribution in [0.1, 0.15) is 0 Å². The van der Waals surface area contributed by atoms with Crippen molar-refractivity contribution in [1.29, 1.82) is 0 Å². The van der Waals surface area contributed by atoms with Crippen molar-refractivity contribution in [3.8, 4) is 22.8 Å². The Morgan fingerprint density at radius 3 is 2.35 bits per heavy atom. The number of hydrogen-bond acceptors (Lipinski definition) is 9. The van der Waals surface area contributed by atoms with Gasteiger partial charge in [-0.2, -0.15) is 0 Å². The summed E-state index contributed by atoms with van der Waals surface area (Å²) in [5.74, 6) is 0.444. The zero-order valence-corrected chi connectivity index (χ0v) is 16.5. The molecule has 4 N–H and O–H groups in total. The molecular weight excluding hydrogens is 408 g/mol. The van der Waals surface area contributed by atoms with Crippen LogP contribution in [0.5, 0.6) is 11.5 Å². The van der Waals surface area contributed by atoms with Crippen LogP contribution < -0.4 is 14.9 Å². The van der Waals surface area contributed by atoms with Gasteiger partial charge in [-0.05, 0) is 36.4 Å². The predicted octanol–water partition coefficient (Wildman–Crippen LogP) is 0.647. The molecule has 164 valence electrons. The van der Waals surface area contributed by atoms with Crippen LogP contribution in [-0.2, 0) is 4.74 Å². The van der Waals surface area contributed by atoms with Gasteiger partial charge in [-0.1, -0.05) is 12.1 Å². The van der Waals surface area contributed by atoms with Gasteiger partial charge in [0.25, 0.3) is 0 Å². The van der Waals surface area contributed by atoms with Crippen molar-refractivity contribution in [2.45, 2.75) is 30.7 Å². The molecule has 5 atom stereocenters. The Labute approximate surface area is 176 Å². The highest BCUT2D eigenvalue weighted by Crippen LogP contribution is 2.34. The van der Waals surface area contributed by atoms with E-state index < -0.39 is 42.7 Å². The standard InChI is InChI=1S/C22H22O9/c1-28-12-8-6-11(7-9-12)20-21(16(24)13-4-2-3-5-14(13)29-20)31-22-19(27)18(26)17(25)15(10-23)30-22/h2-9,15,17-19,22-23,25-27H,10H2,1H3. The molecule has 0 bridgehead atoms. The zero-order valence-electron chi connectivity index (χ0n) is 16.5. The zero-order chi connectivity index (χ0) is 22.1. The van der Waals surface area contributed by atoms with E-state index in [1.165, 1.54) is 7.11 Å². The first-order valence-corrected chi connectivity index (χ1v) is 9.62. The summed E-state index contributed by atoms with van der Waals surface area (Å²) in [6.45, 7) is -0.623. The summed E-state index contributed by atoms with van der Waals surface area (Å²) in [7, 11) is 1.53. The molecule has 1 aliphatic rings. The molecule has 0 radical (unpaired) electrons. The first-order valence-electron chi connectivity index (χ1n) is 9.62. The van der Waals surface area contributed by atoms with E-state index in [2.05, 4.69) is 0 Å². The highest BCUT2D eigenvalue weighted by Gasteiger charge is 2.45. The fourth-order valence-electron chi connectivity index (χ4n) is 3.45. The van der Waals surface area contributed by atoms with Crippen LogP contribution in [0.15, 0.2) is 57.7 Å². The SMILES string of the molecule is COc1ccc(-c2oc3ccccc3c(=O)c2OC2OC(CO)C(O)C(O)C2O)cc1. The third-order valence-corrected chi connectivity index (χ3v) is 5.19. The molecule has 0 spiro atoms. The number of rotatable bonds is 5. The molecular formula is C22H22O9. The largest absolute Gasteiger partial charge is 0.497 e. The maximum Gasteiger partial charge on any atom is 0.235 e. The quantitative estimate of drug-likeness (QED) is 0.459. The number of ether oxygens (including phenoxy) is 3. The molecule has 0 aliphatic carbocycles. The molecule has 0 saturated carbocycles. The van der Waals surface area contributed by atoms with Gasteiger partial charge >= 0.3 is 0 Å². The molecule has 1 saturated heterocycles. The molecule has 1 aliphatic heterocycles. The second kappa shape index (κ2) is 8.66. The molecule has 4 rings (SSSR count). The lowest BCUT2D eigenvalue weighted by atomic mass is 9.99. The monoisotopic (exact) mass is 430 g/mol. The topological polar surface area (TPSA) is 139 Å². The van der Waals surface area contributed by atoms with Crippen LogP contribution >= 0.6 is 0 Å². The molecule has 1 aromatic heterocycles. The lowest BCUT2D eigenvalue weighted by molar-refractivity contribution is -0.277. The Bertz CT molecular complexity index is 1110. The number of hydrogen-bond donors (Lipinski definition) is 4. The Morgan fingerprint density at radius 2 is 1.68 bits per heavy atom. The van der Waals surface area contributed by atoms with Gasteiger partial charge in [-0.3, -0.25) is 4.79 Å². The van der Waals surface area contributed by atoms with Crippen LogP contribution in [0.25, 0.3) is 22.3 Å². The van der Waals surface area contributed by atoms with Crippen molar-refractivity contribution >= 4 is 11.0 Å². The molecule has 1 fully saturated rings. The second-order valence-corrected chi connectivity index (χ2v) is 7.13. The lowest BCUT2D eigenvalue weighted by Crippen LogP contribution is -2.60. The average Bonchev–Trinajstić information content (AvgIpc) is 2.81. The summed E-state index contributed by atoms with van der Waals surface area (Å²) in [6.07, 6.45) is -7.58. The minimum absolute atomic E-state index is 0.0864. The van der Waals surface area contributed by atoms with E-state index in [-0.39, 0.29) is 16.9 Å². The van der Waals surface area contributed by atoms with Crippen LogP contribution in [0.3, 0.4) is 0 Å². The van der Waals surface area contributed by atoms with Crippen molar-refractivity contribution in [2.75, 3.05) is 13.7 Å². The summed E-state index contributed by atoms with van der Waals surface area (Å²) in [5.41, 5.74) is 0.326. The summed E-state index contributed by atoms with van der Waals surface area (Å²) >= 11 is 0. The van der Waals surface area contributed by atoms with Crippen LogP contribution in [0.2, 0.25) is 0 Å². The highest BCUT2D eigenvalue weighted by molar-refractivity contribution is 5.82. The van der Waals surface area contributed by atoms with Crippen LogP contribution in [0, 0.1) is 0 Å². The van der Waals surface area contributed by atoms with Gasteiger partial charge in [0.2, 0.25) is 17.5 Å². The summed E-state index contributed by atoms with van der Waals surface area (Å²) in [4.78, 5) is 13.2. The van der Waals surface area contributed by atoms with Gasteiger partial charge in [-0.25, -0.2) is 0 Å². The number of fused-ring (bicyclic) bond motifs is 1. The third-order valence-electron chi connectivity index (χ3n) is 5.19. The maximum atomic E-state index is 13.2. The van der Waals surface area contributed by atoms with E-state index in [4.69, 9.17) is 18.6 Å². The fourth-order valence-corrected chi connectivity index (χ4v) is 3.45. The average molecular weight is 430 g/mol. The Hall–Kier alpha value is -2.95. The summed E-state index contributed by atoms with van der Waals surface area (Å²) in [6, 6.07) is 13.3. The molecule has 31 heavy (non-hydrogen) atoms. The molecule has 2 heterocycles. The van der Waals surface area contributed by atoms with Gasteiger partial charge in [0.05, 0.1) is 19.1 Å². The third kappa shape index (κ3) is 3.89. The van der Waals surface area contributed by atoms with Crippen molar-refractivity contribution in [1.82, 2.24) is 0 Å². The van der Waals surface area contributed by atoms with E-state index in [0.29, 0.717) is 16.9 Å². The molecule has 9 nitrogen and oxygen atoms in total. The maximum absolute atomic E-state index is 13.2. The summed E-state index contributed by atoms with van der Waals surface area (Å²) in [5, 5.41) is 40.0. The smallest absolute Gasteiger partial charge is 0.235 e. The molecule has 3 aromatic rings. The molecule has 0 amide bonds. The van der Waals surface area contributed by atoms with Crippen molar-refractivity contribution in [3.05, 3.63) is 58.8 Å². The van der Waals surface area contributed by atoms with E-state index in [0.717, 1.165) is 0 Å². The number of benzene rings is 2. The van der Waals surface area contributed by atoms with Crippen LogP contribution in [0.4, 0.5) is 0 Å². The van der Waals surface area contributed by atoms with E-state index >= 15 is 0 Å². The van der Waals surface area contributed by atoms with Crippen molar-refractivity contribution in [3.63, 3.8) is 0 Å². The molecule has 5 unspecified atom stereocenters. The first kappa shape index (κ1) is 21.3. The van der Waals surface area contributed by atoms with Crippen molar-refractivity contribution in [2.24, 2.45) is 0 Å². The molecule has 9 heteroatoms. The van der Waals surface area contributed by atoms with Gasteiger partial charge < -0.3 is 39.1 Å². The van der Waals surface area contributed by atoms with E-state index in [1.807, 2.05) is 0 Å². The van der Waals surface area contributed by atoms with Gasteiger partial charge in [-0.15, -0.1) is 0 Å². The lowest BCUT2D eigenvalue weighted by Gasteiger charge is -2.39. The Morgan fingerprint density at radius 1 is 0.968 bits per heavy atom. The van der Waals surface area contributed by atoms with Gasteiger partial charge in [0.1, 0.15) is 35.7 Å². The molecule has 2 aromatic carbocycles. The number of aliphatic hydroxyl groups is 4. The fraction of sp³-hybridized carbons (Fsp3) is 0.318.